The molecule has 0 fully saturated rings. The van der Waals surface area contributed by atoms with E-state index < -0.39 is 12.0 Å². The van der Waals surface area contributed by atoms with Gasteiger partial charge in [0, 0.05) is 30.4 Å². The van der Waals surface area contributed by atoms with Gasteiger partial charge in [0.1, 0.15) is 0 Å². The topological polar surface area (TPSA) is 46.1 Å². The van der Waals surface area contributed by atoms with Crippen molar-refractivity contribution in [3.8, 4) is 0 Å². The van der Waals surface area contributed by atoms with E-state index in [9.17, 15) is 9.90 Å². The Labute approximate surface area is 157 Å². The maximum atomic E-state index is 12.4. The normalized spacial score (nSPS) is 17.0. The number of hydrogen-bond donors (Lipinski definition) is 1. The van der Waals surface area contributed by atoms with Crippen LogP contribution in [-0.2, 0) is 13.1 Å². The number of benzene rings is 1. The number of aliphatic hydroxyl groups is 1. The highest BCUT2D eigenvalue weighted by Gasteiger charge is 2.36. The summed E-state index contributed by atoms with van der Waals surface area (Å²) in [5.74, 6) is -0.375. The van der Waals surface area contributed by atoms with Gasteiger partial charge in [0.15, 0.2) is 24.7 Å². The highest BCUT2D eigenvalue weighted by atomic mass is 79.9. The predicted molar refractivity (Wildman–Crippen MR) is 89.4 cm³/mol. The van der Waals surface area contributed by atoms with E-state index in [1.807, 2.05) is 65.6 Å². The summed E-state index contributed by atoms with van der Waals surface area (Å²) in [5.41, 5.74) is 2.69. The number of ketones is 1. The SMILES string of the molecule is O=C1c2cccn2CC1C(O)c1cc[n+](Cc2ccccc2)cc1.[Br-]. The number of aliphatic hydroxyl groups excluding tert-OH is 1. The molecule has 1 aliphatic heterocycles. The van der Waals surface area contributed by atoms with Gasteiger partial charge in [-0.05, 0) is 17.7 Å². The van der Waals surface area contributed by atoms with Gasteiger partial charge in [0.2, 0.25) is 0 Å². The average molecular weight is 399 g/mol. The van der Waals surface area contributed by atoms with Crippen LogP contribution in [0.5, 0.6) is 0 Å². The summed E-state index contributed by atoms with van der Waals surface area (Å²) in [4.78, 5) is 12.4. The summed E-state index contributed by atoms with van der Waals surface area (Å²) in [7, 11) is 0. The molecule has 1 aliphatic rings. The highest BCUT2D eigenvalue weighted by molar-refractivity contribution is 5.98. The minimum absolute atomic E-state index is 0. The summed E-state index contributed by atoms with van der Waals surface area (Å²) in [6, 6.07) is 17.7. The van der Waals surface area contributed by atoms with Crippen molar-refractivity contribution in [2.24, 2.45) is 5.92 Å². The minimum Gasteiger partial charge on any atom is -1.00 e. The molecule has 0 amide bonds. The van der Waals surface area contributed by atoms with Crippen LogP contribution in [0, 0.1) is 5.92 Å². The smallest absolute Gasteiger partial charge is 0.187 e. The standard InChI is InChI=1S/C20H19N2O2.BrH/c23-19(17-14-22-10-4-7-18(22)20(17)24)16-8-11-21(12-9-16)13-15-5-2-1-3-6-15;/h1-12,17,19,23H,13-14H2;1H/q+1;/p-1. The molecule has 4 rings (SSSR count). The molecule has 2 atom stereocenters. The number of nitrogens with zero attached hydrogens (tertiary/aromatic N) is 2. The van der Waals surface area contributed by atoms with Gasteiger partial charge < -0.3 is 26.7 Å². The van der Waals surface area contributed by atoms with Gasteiger partial charge in [0.05, 0.1) is 17.7 Å². The first-order chi connectivity index (χ1) is 11.7. The molecule has 3 aromatic rings. The van der Waals surface area contributed by atoms with Crippen LogP contribution >= 0.6 is 0 Å². The Bertz CT molecular complexity index is 859. The molecule has 2 unspecified atom stereocenters. The number of aromatic nitrogens is 2. The summed E-state index contributed by atoms with van der Waals surface area (Å²) in [5, 5.41) is 10.6. The van der Waals surface area contributed by atoms with Gasteiger partial charge in [-0.1, -0.05) is 30.3 Å². The van der Waals surface area contributed by atoms with Crippen molar-refractivity contribution in [1.82, 2.24) is 4.57 Å². The molecule has 5 heteroatoms. The highest BCUT2D eigenvalue weighted by Crippen LogP contribution is 2.31. The lowest BCUT2D eigenvalue weighted by molar-refractivity contribution is -0.688. The Hall–Kier alpha value is -2.24. The molecule has 25 heavy (non-hydrogen) atoms. The lowest BCUT2D eigenvalue weighted by atomic mass is 9.93. The number of hydrogen-bond acceptors (Lipinski definition) is 2. The van der Waals surface area contributed by atoms with Crippen LogP contribution in [0.2, 0.25) is 0 Å². The fourth-order valence-corrected chi connectivity index (χ4v) is 3.32. The van der Waals surface area contributed by atoms with Crippen LogP contribution in [0.3, 0.4) is 0 Å². The van der Waals surface area contributed by atoms with E-state index >= 15 is 0 Å². The van der Waals surface area contributed by atoms with Crippen molar-refractivity contribution in [1.29, 1.82) is 0 Å². The number of Topliss-reactive ketones (excluding diaryl/α,β-unsaturated/α-hetero) is 1. The van der Waals surface area contributed by atoms with Gasteiger partial charge >= 0.3 is 0 Å². The van der Waals surface area contributed by atoms with E-state index in [4.69, 9.17) is 0 Å². The fraction of sp³-hybridized carbons (Fsp3) is 0.200. The van der Waals surface area contributed by atoms with E-state index in [1.54, 1.807) is 0 Å². The number of carbonyl (C=O) groups is 1. The quantitative estimate of drug-likeness (QED) is 0.595. The van der Waals surface area contributed by atoms with Crippen molar-refractivity contribution in [2.75, 3.05) is 0 Å². The zero-order chi connectivity index (χ0) is 16.5. The molecular weight excluding hydrogens is 380 g/mol. The van der Waals surface area contributed by atoms with Crippen molar-refractivity contribution >= 4 is 5.78 Å². The third-order valence-electron chi connectivity index (χ3n) is 4.66. The van der Waals surface area contributed by atoms with E-state index in [1.165, 1.54) is 5.56 Å². The monoisotopic (exact) mass is 398 g/mol. The molecule has 0 aliphatic carbocycles. The van der Waals surface area contributed by atoms with Crippen LogP contribution in [0.25, 0.3) is 0 Å². The zero-order valence-electron chi connectivity index (χ0n) is 13.6. The third kappa shape index (κ3) is 3.43. The summed E-state index contributed by atoms with van der Waals surface area (Å²) in [6.45, 7) is 1.33. The van der Waals surface area contributed by atoms with Crippen LogP contribution in [0.1, 0.15) is 27.7 Å². The molecule has 128 valence electrons. The Morgan fingerprint density at radius 2 is 1.80 bits per heavy atom. The van der Waals surface area contributed by atoms with Crippen LogP contribution < -0.4 is 21.5 Å². The molecule has 2 aromatic heterocycles. The fourth-order valence-electron chi connectivity index (χ4n) is 3.32. The van der Waals surface area contributed by atoms with Crippen LogP contribution in [0.15, 0.2) is 73.2 Å². The second kappa shape index (κ2) is 7.33. The molecule has 0 radical (unpaired) electrons. The largest absolute Gasteiger partial charge is 1.00 e. The van der Waals surface area contributed by atoms with Crippen molar-refractivity contribution in [2.45, 2.75) is 19.2 Å². The van der Waals surface area contributed by atoms with Gasteiger partial charge in [-0.15, -0.1) is 0 Å². The Morgan fingerprint density at radius 3 is 2.48 bits per heavy atom. The number of pyridine rings is 1. The maximum Gasteiger partial charge on any atom is 0.187 e. The Kier molecular flexibility index (Phi) is 5.16. The molecule has 0 saturated carbocycles. The third-order valence-corrected chi connectivity index (χ3v) is 4.66. The second-order valence-corrected chi connectivity index (χ2v) is 6.25. The number of rotatable bonds is 4. The van der Waals surface area contributed by atoms with E-state index in [2.05, 4.69) is 16.7 Å². The van der Waals surface area contributed by atoms with E-state index in [-0.39, 0.29) is 22.8 Å². The van der Waals surface area contributed by atoms with Crippen molar-refractivity contribution < 1.29 is 31.4 Å². The number of halogens is 1. The van der Waals surface area contributed by atoms with Crippen molar-refractivity contribution in [3.05, 3.63) is 90.0 Å². The number of carbonyl (C=O) groups excluding carboxylic acids is 1. The average Bonchev–Trinajstić information content (AvgIpc) is 3.19. The van der Waals surface area contributed by atoms with Gasteiger partial charge in [-0.3, -0.25) is 4.79 Å². The number of fused-ring (bicyclic) bond motifs is 1. The Balaban J connectivity index is 0.00000182. The van der Waals surface area contributed by atoms with Crippen LogP contribution in [0.4, 0.5) is 0 Å². The van der Waals surface area contributed by atoms with E-state index in [0.717, 1.165) is 12.1 Å². The zero-order valence-corrected chi connectivity index (χ0v) is 15.2. The van der Waals surface area contributed by atoms with Crippen LogP contribution in [-0.4, -0.2) is 15.5 Å². The molecule has 0 spiro atoms. The second-order valence-electron chi connectivity index (χ2n) is 6.25. The molecule has 0 saturated heterocycles. The first kappa shape index (κ1) is 17.6. The lowest BCUT2D eigenvalue weighted by Crippen LogP contribution is -3.00. The Morgan fingerprint density at radius 1 is 1.08 bits per heavy atom. The van der Waals surface area contributed by atoms with Gasteiger partial charge in [0.25, 0.3) is 0 Å². The molecule has 1 N–H and O–H groups in total. The van der Waals surface area contributed by atoms with E-state index in [0.29, 0.717) is 12.2 Å². The first-order valence-electron chi connectivity index (χ1n) is 8.13. The van der Waals surface area contributed by atoms with Gasteiger partial charge in [-0.2, -0.15) is 0 Å². The minimum atomic E-state index is -0.774. The first-order valence-corrected chi connectivity index (χ1v) is 8.13. The molecule has 1 aromatic carbocycles. The summed E-state index contributed by atoms with van der Waals surface area (Å²) < 4.78 is 3.97. The molecule has 3 heterocycles. The van der Waals surface area contributed by atoms with Gasteiger partial charge in [-0.25, -0.2) is 4.57 Å². The molecule has 0 bridgehead atoms. The maximum absolute atomic E-state index is 12.4. The predicted octanol–water partition coefficient (Wildman–Crippen LogP) is -0.626. The molecule has 4 nitrogen and oxygen atoms in total. The molecular formula is C20H19BrN2O2. The van der Waals surface area contributed by atoms with Crippen molar-refractivity contribution in [3.63, 3.8) is 0 Å². The summed E-state index contributed by atoms with van der Waals surface area (Å²) in [6.07, 6.45) is 5.01. The lowest BCUT2D eigenvalue weighted by Gasteiger charge is -2.16. The summed E-state index contributed by atoms with van der Waals surface area (Å²) >= 11 is 0.